The summed E-state index contributed by atoms with van der Waals surface area (Å²) in [5.41, 5.74) is 5.95. The minimum absolute atomic E-state index is 0.296. The maximum atomic E-state index is 13.6. The first kappa shape index (κ1) is 23.1. The number of hydrogen-bond donors (Lipinski definition) is 1. The molecule has 184 valence electrons. The Morgan fingerprint density at radius 3 is 2.32 bits per heavy atom. The number of ether oxygens (including phenoxy) is 1. The Balaban J connectivity index is 1.47. The summed E-state index contributed by atoms with van der Waals surface area (Å²) in [5.74, 6) is 0. The van der Waals surface area contributed by atoms with E-state index in [-0.39, 0.29) is 0 Å². The molecular formula is C23H30N5O5S-. The van der Waals surface area contributed by atoms with Crippen LogP contribution in [0.25, 0.3) is 0 Å². The predicted molar refractivity (Wildman–Crippen MR) is 128 cm³/mol. The van der Waals surface area contributed by atoms with Gasteiger partial charge in [0.15, 0.2) is 0 Å². The third-order valence-corrected chi connectivity index (χ3v) is 8.88. The standard InChI is InChI=1S/C23H30N5O5S/c1-15-21(14-24-26(15)2)27(18-9-11-33-12-10-18)34(31,32)28(30)23(29)25-22-19-7-3-5-16(19)13-17-6-4-8-20(17)22/h13-14,18H,3-12H2,1-2H3,(H,25,29)/q-1. The van der Waals surface area contributed by atoms with Gasteiger partial charge in [0.1, 0.15) is 0 Å². The fourth-order valence-corrected chi connectivity index (χ4v) is 6.87. The van der Waals surface area contributed by atoms with Gasteiger partial charge in [0.05, 0.1) is 23.6 Å². The van der Waals surface area contributed by atoms with E-state index in [2.05, 4.69) is 16.5 Å². The van der Waals surface area contributed by atoms with Crippen molar-refractivity contribution in [2.75, 3.05) is 22.8 Å². The van der Waals surface area contributed by atoms with E-state index in [0.717, 1.165) is 54.0 Å². The van der Waals surface area contributed by atoms with Crippen LogP contribution >= 0.6 is 0 Å². The summed E-state index contributed by atoms with van der Waals surface area (Å²) in [4.78, 5) is 13.1. The third-order valence-electron chi connectivity index (χ3n) is 7.30. The van der Waals surface area contributed by atoms with Crippen molar-refractivity contribution in [3.63, 3.8) is 0 Å². The van der Waals surface area contributed by atoms with E-state index in [9.17, 15) is 18.4 Å². The number of carbonyl (C=O) groups is 1. The quantitative estimate of drug-likeness (QED) is 0.646. The summed E-state index contributed by atoms with van der Waals surface area (Å²) in [6.07, 6.45) is 7.72. The van der Waals surface area contributed by atoms with Gasteiger partial charge in [-0.05, 0) is 80.5 Å². The molecule has 0 spiro atoms. The first-order valence-electron chi connectivity index (χ1n) is 11.8. The van der Waals surface area contributed by atoms with Gasteiger partial charge in [-0.25, -0.2) is 9.10 Å². The van der Waals surface area contributed by atoms with Crippen LogP contribution in [0.15, 0.2) is 12.3 Å². The Kier molecular flexibility index (Phi) is 6.03. The zero-order valence-electron chi connectivity index (χ0n) is 19.5. The van der Waals surface area contributed by atoms with Gasteiger partial charge in [0, 0.05) is 25.9 Å². The number of rotatable bonds is 5. The van der Waals surface area contributed by atoms with Crippen LogP contribution in [0.4, 0.5) is 16.2 Å². The van der Waals surface area contributed by atoms with E-state index in [1.165, 1.54) is 17.3 Å². The molecule has 2 heterocycles. The van der Waals surface area contributed by atoms with Crippen LogP contribution in [0.2, 0.25) is 0 Å². The van der Waals surface area contributed by atoms with Crippen molar-refractivity contribution < 1.29 is 17.9 Å². The summed E-state index contributed by atoms with van der Waals surface area (Å²) in [7, 11) is -3.02. The number of anilines is 2. The van der Waals surface area contributed by atoms with Crippen molar-refractivity contribution in [3.8, 4) is 0 Å². The van der Waals surface area contributed by atoms with Crippen LogP contribution in [0.1, 0.15) is 53.6 Å². The first-order valence-corrected chi connectivity index (χ1v) is 13.2. The number of benzene rings is 1. The minimum Gasteiger partial charge on any atom is -0.740 e. The molecule has 1 aromatic heterocycles. The molecular weight excluding hydrogens is 458 g/mol. The minimum atomic E-state index is -4.72. The molecule has 1 fully saturated rings. The van der Waals surface area contributed by atoms with Gasteiger partial charge in [-0.3, -0.25) is 9.15 Å². The Morgan fingerprint density at radius 2 is 1.76 bits per heavy atom. The van der Waals surface area contributed by atoms with E-state index < -0.39 is 26.8 Å². The molecule has 1 aliphatic heterocycles. The molecule has 2 aliphatic carbocycles. The van der Waals surface area contributed by atoms with Crippen LogP contribution in [-0.2, 0) is 47.7 Å². The fourth-order valence-electron chi connectivity index (χ4n) is 5.44. The summed E-state index contributed by atoms with van der Waals surface area (Å²) in [6.45, 7) is 2.49. The zero-order valence-corrected chi connectivity index (χ0v) is 20.4. The number of carbonyl (C=O) groups excluding carboxylic acids is 1. The molecule has 0 atom stereocenters. The molecule has 1 saturated heterocycles. The lowest BCUT2D eigenvalue weighted by molar-refractivity contribution is 0.0874. The number of nitrogens with one attached hydrogen (secondary N) is 1. The topological polar surface area (TPSA) is 120 Å². The molecule has 34 heavy (non-hydrogen) atoms. The van der Waals surface area contributed by atoms with Gasteiger partial charge in [-0.2, -0.15) is 13.5 Å². The highest BCUT2D eigenvalue weighted by molar-refractivity contribution is 7.91. The van der Waals surface area contributed by atoms with Crippen molar-refractivity contribution >= 4 is 27.6 Å². The number of nitrogens with zero attached hydrogens (tertiary/aromatic N) is 4. The molecule has 3 aliphatic rings. The van der Waals surface area contributed by atoms with Crippen molar-refractivity contribution in [2.45, 2.75) is 64.3 Å². The molecule has 0 unspecified atom stereocenters. The number of fused-ring (bicyclic) bond motifs is 2. The van der Waals surface area contributed by atoms with E-state index >= 15 is 0 Å². The average molecular weight is 489 g/mol. The molecule has 10 nitrogen and oxygen atoms in total. The Bertz CT molecular complexity index is 1190. The molecule has 0 bridgehead atoms. The lowest BCUT2D eigenvalue weighted by atomic mass is 9.99. The van der Waals surface area contributed by atoms with Crippen molar-refractivity contribution in [3.05, 3.63) is 45.4 Å². The smallest absolute Gasteiger partial charge is 0.326 e. The van der Waals surface area contributed by atoms with Crippen molar-refractivity contribution in [2.24, 2.45) is 7.05 Å². The van der Waals surface area contributed by atoms with Gasteiger partial charge in [-0.1, -0.05) is 6.07 Å². The first-order chi connectivity index (χ1) is 16.3. The van der Waals surface area contributed by atoms with Crippen LogP contribution in [0.3, 0.4) is 0 Å². The monoisotopic (exact) mass is 488 g/mol. The normalized spacial score (nSPS) is 18.0. The molecule has 0 saturated carbocycles. The molecule has 5 rings (SSSR count). The molecule has 11 heteroatoms. The predicted octanol–water partition coefficient (Wildman–Crippen LogP) is 2.97. The number of amides is 2. The Hall–Kier alpha value is -2.63. The van der Waals surface area contributed by atoms with Gasteiger partial charge in [0.2, 0.25) is 0 Å². The summed E-state index contributed by atoms with van der Waals surface area (Å²) in [6, 6.07) is 0.522. The highest BCUT2D eigenvalue weighted by Crippen LogP contribution is 2.39. The highest BCUT2D eigenvalue weighted by atomic mass is 32.2. The maximum Gasteiger partial charge on any atom is 0.326 e. The Morgan fingerprint density at radius 1 is 1.15 bits per heavy atom. The highest BCUT2D eigenvalue weighted by Gasteiger charge is 2.37. The van der Waals surface area contributed by atoms with E-state index in [1.54, 1.807) is 18.7 Å². The Labute approximate surface area is 199 Å². The molecule has 1 aromatic carbocycles. The lowest BCUT2D eigenvalue weighted by Gasteiger charge is -2.40. The number of urea groups is 1. The zero-order chi connectivity index (χ0) is 24.0. The SMILES string of the molecule is Cc1c(N(C2CCOCC2)S(=O)(=O)N([O-])C(=O)Nc2c3c(cc4c2CCC4)CCC3)cnn1C. The number of hydrogen-bond acceptors (Lipinski definition) is 6. The van der Waals surface area contributed by atoms with Gasteiger partial charge >= 0.3 is 16.2 Å². The second-order valence-corrected chi connectivity index (χ2v) is 10.9. The second kappa shape index (κ2) is 8.86. The van der Waals surface area contributed by atoms with Crippen LogP contribution < -0.4 is 9.62 Å². The summed E-state index contributed by atoms with van der Waals surface area (Å²) >= 11 is 0. The van der Waals surface area contributed by atoms with E-state index in [0.29, 0.717) is 43.1 Å². The number of aryl methyl sites for hydroxylation is 3. The fraction of sp³-hybridized carbons (Fsp3) is 0.565. The van der Waals surface area contributed by atoms with Gasteiger partial charge < -0.3 is 15.3 Å². The van der Waals surface area contributed by atoms with Crippen molar-refractivity contribution in [1.82, 2.24) is 14.2 Å². The third kappa shape index (κ3) is 3.85. The van der Waals surface area contributed by atoms with E-state index in [1.807, 2.05) is 0 Å². The summed E-state index contributed by atoms with van der Waals surface area (Å²) < 4.78 is 34.8. The van der Waals surface area contributed by atoms with Crippen molar-refractivity contribution in [1.29, 1.82) is 0 Å². The molecule has 0 radical (unpaired) electrons. The number of aromatic nitrogens is 2. The second-order valence-electron chi connectivity index (χ2n) is 9.28. The van der Waals surface area contributed by atoms with E-state index in [4.69, 9.17) is 4.74 Å². The lowest BCUT2D eigenvalue weighted by Crippen LogP contribution is -2.51. The van der Waals surface area contributed by atoms with Crippen LogP contribution in [0.5, 0.6) is 0 Å². The summed E-state index contributed by atoms with van der Waals surface area (Å²) in [5, 5.41) is 20.0. The van der Waals surface area contributed by atoms with Crippen LogP contribution in [0, 0.1) is 12.1 Å². The largest absolute Gasteiger partial charge is 0.740 e. The molecule has 2 aromatic rings. The van der Waals surface area contributed by atoms with Gasteiger partial charge in [-0.15, -0.1) is 0 Å². The van der Waals surface area contributed by atoms with Gasteiger partial charge in [0.25, 0.3) is 0 Å². The average Bonchev–Trinajstić information content (AvgIpc) is 3.56. The molecule has 2 amide bonds. The number of hydroxylamine groups is 1. The molecule has 1 N–H and O–H groups in total. The maximum absolute atomic E-state index is 13.6. The van der Waals surface area contributed by atoms with Crippen LogP contribution in [-0.4, -0.2) is 48.0 Å².